The number of allylic oxidation sites excluding steroid dienone is 5. The fourth-order valence-corrected chi connectivity index (χ4v) is 3.35. The van der Waals surface area contributed by atoms with Crippen LogP contribution in [0.3, 0.4) is 0 Å². The number of phosphoric ester groups is 1. The Morgan fingerprint density at radius 1 is 1.11 bits per heavy atom. The van der Waals surface area contributed by atoms with Crippen molar-refractivity contribution >= 4 is 7.82 Å². The molecule has 5 heteroatoms. The first-order valence-corrected chi connectivity index (χ1v) is 7.08. The van der Waals surface area contributed by atoms with Crippen LogP contribution in [0.4, 0.5) is 0 Å². The molecular weight excluding hydrogens is 251 g/mol. The van der Waals surface area contributed by atoms with Crippen molar-refractivity contribution < 1.29 is 18.5 Å². The molecule has 0 saturated carbocycles. The van der Waals surface area contributed by atoms with E-state index in [0.29, 0.717) is 11.5 Å². The predicted molar refractivity (Wildman–Crippen MR) is 65.0 cm³/mol. The van der Waals surface area contributed by atoms with Crippen LogP contribution in [0.25, 0.3) is 0 Å². The molecule has 18 heavy (non-hydrogen) atoms. The van der Waals surface area contributed by atoms with Gasteiger partial charge in [0.25, 0.3) is 0 Å². The maximum Gasteiger partial charge on any atom is 0.584 e. The van der Waals surface area contributed by atoms with Gasteiger partial charge in [-0.1, -0.05) is 24.3 Å². The summed E-state index contributed by atoms with van der Waals surface area (Å²) in [5, 5.41) is 0. The third kappa shape index (κ3) is 1.33. The molecule has 90 valence electrons. The molecule has 0 spiro atoms. The SMILES string of the molecule is O=P1(O)Oc2ccc(cc2)C2c3ccc(c2c3)O1. The number of fused-ring (bicyclic) bond motifs is 4. The summed E-state index contributed by atoms with van der Waals surface area (Å²) < 4.78 is 22.0. The molecule has 1 N–H and O–H groups in total. The lowest BCUT2D eigenvalue weighted by atomic mass is 9.71. The second kappa shape index (κ2) is 3.16. The van der Waals surface area contributed by atoms with Gasteiger partial charge in [0, 0.05) is 11.5 Å². The molecule has 4 nitrogen and oxygen atoms in total. The Morgan fingerprint density at radius 3 is 2.61 bits per heavy atom. The average Bonchev–Trinajstić information content (AvgIpc) is 2.29. The molecule has 5 rings (SSSR count). The normalized spacial score (nSPS) is 31.2. The van der Waals surface area contributed by atoms with Crippen LogP contribution in [-0.2, 0) is 9.09 Å². The molecule has 0 aromatic heterocycles. The number of hydrogen-bond acceptors (Lipinski definition) is 3. The van der Waals surface area contributed by atoms with Gasteiger partial charge in [0.15, 0.2) is 0 Å². The highest BCUT2D eigenvalue weighted by atomic mass is 31.2. The van der Waals surface area contributed by atoms with Gasteiger partial charge in [-0.2, -0.15) is 0 Å². The van der Waals surface area contributed by atoms with Crippen molar-refractivity contribution in [1.29, 1.82) is 0 Å². The van der Waals surface area contributed by atoms with Gasteiger partial charge < -0.3 is 9.05 Å². The zero-order valence-corrected chi connectivity index (χ0v) is 10.1. The van der Waals surface area contributed by atoms with Crippen LogP contribution in [0.5, 0.6) is 5.75 Å². The Labute approximate surface area is 103 Å². The monoisotopic (exact) mass is 260 g/mol. The number of phosphoric acid groups is 1. The molecule has 4 aliphatic rings. The van der Waals surface area contributed by atoms with Gasteiger partial charge >= 0.3 is 7.82 Å². The Balaban J connectivity index is 1.94. The van der Waals surface area contributed by atoms with Crippen LogP contribution in [0, 0.1) is 0 Å². The zero-order valence-electron chi connectivity index (χ0n) is 9.24. The largest absolute Gasteiger partial charge is 0.584 e. The topological polar surface area (TPSA) is 55.8 Å². The molecule has 0 amide bonds. The summed E-state index contributed by atoms with van der Waals surface area (Å²) in [5.74, 6) is 0.905. The maximum atomic E-state index is 11.8. The standard InChI is InChI=1S/C13H9O4P/c14-18(15)16-10-4-1-8(2-5-10)13-9-3-6-12(17-18)11(13)7-9/h1-7,13H,(H,14,15). The van der Waals surface area contributed by atoms with Gasteiger partial charge in [0.2, 0.25) is 0 Å². The molecule has 2 heterocycles. The van der Waals surface area contributed by atoms with Crippen molar-refractivity contribution in [2.24, 2.45) is 0 Å². The summed E-state index contributed by atoms with van der Waals surface area (Å²) in [5.41, 5.74) is 3.26. The van der Waals surface area contributed by atoms with E-state index in [1.807, 2.05) is 24.3 Å². The summed E-state index contributed by atoms with van der Waals surface area (Å²) in [6.45, 7) is 0. The lowest BCUT2D eigenvalue weighted by Crippen LogP contribution is -2.20. The number of benzene rings is 1. The van der Waals surface area contributed by atoms with Crippen LogP contribution in [0.15, 0.2) is 59.4 Å². The summed E-state index contributed by atoms with van der Waals surface area (Å²) in [4.78, 5) is 9.69. The lowest BCUT2D eigenvalue weighted by molar-refractivity contribution is 0.250. The molecule has 0 saturated heterocycles. The second-order valence-electron chi connectivity index (χ2n) is 4.45. The third-order valence-corrected chi connectivity index (χ3v) is 4.20. The van der Waals surface area contributed by atoms with E-state index in [1.165, 1.54) is 5.57 Å². The van der Waals surface area contributed by atoms with Gasteiger partial charge in [0.05, 0.1) is 0 Å². The van der Waals surface area contributed by atoms with Crippen LogP contribution >= 0.6 is 7.82 Å². The Kier molecular flexibility index (Phi) is 1.79. The smallest absolute Gasteiger partial charge is 0.395 e. The van der Waals surface area contributed by atoms with E-state index in [1.54, 1.807) is 18.2 Å². The molecular formula is C13H9O4P. The van der Waals surface area contributed by atoms with Gasteiger partial charge in [-0.3, -0.25) is 4.89 Å². The van der Waals surface area contributed by atoms with Crippen LogP contribution in [0.2, 0.25) is 0 Å². The fraction of sp³-hybridized carbons (Fsp3) is 0.0769. The number of rotatable bonds is 0. The minimum Gasteiger partial charge on any atom is -0.395 e. The van der Waals surface area contributed by atoms with Gasteiger partial charge in [-0.05, 0) is 29.3 Å². The minimum atomic E-state index is -4.12. The highest BCUT2D eigenvalue weighted by molar-refractivity contribution is 7.48. The Hall–Kier alpha value is -1.77. The highest BCUT2D eigenvalue weighted by Crippen LogP contribution is 2.55. The Morgan fingerprint density at radius 2 is 1.89 bits per heavy atom. The molecule has 6 bridgehead atoms. The first-order chi connectivity index (χ1) is 8.62. The lowest BCUT2D eigenvalue weighted by Gasteiger charge is -2.36. The van der Waals surface area contributed by atoms with Crippen LogP contribution < -0.4 is 4.52 Å². The van der Waals surface area contributed by atoms with Crippen molar-refractivity contribution in [3.05, 3.63) is 65.0 Å². The van der Waals surface area contributed by atoms with Crippen LogP contribution in [0.1, 0.15) is 11.5 Å². The first kappa shape index (κ1) is 10.2. The Bertz CT molecular complexity index is 679. The summed E-state index contributed by atoms with van der Waals surface area (Å²) >= 11 is 0. The second-order valence-corrected chi connectivity index (χ2v) is 5.75. The zero-order chi connectivity index (χ0) is 12.3. The minimum absolute atomic E-state index is 0.150. The summed E-state index contributed by atoms with van der Waals surface area (Å²) in [7, 11) is -4.12. The molecule has 2 atom stereocenters. The summed E-state index contributed by atoms with van der Waals surface area (Å²) in [6, 6.07) is 7.20. The summed E-state index contributed by atoms with van der Waals surface area (Å²) in [6.07, 6.45) is 5.58. The highest BCUT2D eigenvalue weighted by Gasteiger charge is 2.38. The predicted octanol–water partition coefficient (Wildman–Crippen LogP) is 3.04. The van der Waals surface area contributed by atoms with Crippen LogP contribution in [-0.4, -0.2) is 4.89 Å². The molecule has 2 unspecified atom stereocenters. The van der Waals surface area contributed by atoms with E-state index in [0.717, 1.165) is 11.1 Å². The van der Waals surface area contributed by atoms with Crippen molar-refractivity contribution in [2.45, 2.75) is 5.92 Å². The molecule has 0 fully saturated rings. The molecule has 1 aromatic carbocycles. The molecule has 1 aromatic rings. The van der Waals surface area contributed by atoms with Gasteiger partial charge in [-0.25, -0.2) is 4.57 Å². The van der Waals surface area contributed by atoms with Gasteiger partial charge in [0.1, 0.15) is 11.5 Å². The third-order valence-electron chi connectivity index (χ3n) is 3.33. The maximum absolute atomic E-state index is 11.8. The first-order valence-electron chi connectivity index (χ1n) is 5.58. The van der Waals surface area contributed by atoms with E-state index in [4.69, 9.17) is 9.05 Å². The number of hydrogen-bond donors (Lipinski definition) is 1. The van der Waals surface area contributed by atoms with E-state index < -0.39 is 7.82 Å². The van der Waals surface area contributed by atoms with Crippen molar-refractivity contribution in [2.75, 3.05) is 0 Å². The molecule has 0 radical (unpaired) electrons. The van der Waals surface area contributed by atoms with Gasteiger partial charge in [-0.15, -0.1) is 0 Å². The average molecular weight is 260 g/mol. The van der Waals surface area contributed by atoms with E-state index >= 15 is 0 Å². The van der Waals surface area contributed by atoms with E-state index in [9.17, 15) is 9.46 Å². The molecule has 2 aliphatic carbocycles. The van der Waals surface area contributed by atoms with Crippen molar-refractivity contribution in [1.82, 2.24) is 0 Å². The quantitative estimate of drug-likeness (QED) is 0.728. The van der Waals surface area contributed by atoms with E-state index in [-0.39, 0.29) is 5.92 Å². The van der Waals surface area contributed by atoms with E-state index in [2.05, 4.69) is 0 Å². The van der Waals surface area contributed by atoms with Crippen molar-refractivity contribution in [3.63, 3.8) is 0 Å². The molecule has 2 aliphatic heterocycles. The fourth-order valence-electron chi connectivity index (χ4n) is 2.51. The van der Waals surface area contributed by atoms with Crippen molar-refractivity contribution in [3.8, 4) is 5.75 Å².